The highest BCUT2D eigenvalue weighted by molar-refractivity contribution is 6.14. The van der Waals surface area contributed by atoms with Crippen molar-refractivity contribution < 1.29 is 0 Å². The molecule has 0 amide bonds. The molecule has 2 aromatic heterocycles. The van der Waals surface area contributed by atoms with E-state index in [4.69, 9.17) is 0 Å². The van der Waals surface area contributed by atoms with Gasteiger partial charge in [0.25, 0.3) is 0 Å². The second-order valence-corrected chi connectivity index (χ2v) is 14.6. The average Bonchev–Trinajstić information content (AvgIpc) is 3.73. The molecule has 260 valence electrons. The third-order valence-electron chi connectivity index (χ3n) is 11.3. The van der Waals surface area contributed by atoms with Crippen LogP contribution >= 0.6 is 0 Å². The maximum atomic E-state index is 2.56. The summed E-state index contributed by atoms with van der Waals surface area (Å²) >= 11 is 0. The molecule has 2 heteroatoms. The van der Waals surface area contributed by atoms with Gasteiger partial charge in [-0.15, -0.1) is 0 Å². The van der Waals surface area contributed by atoms with E-state index in [0.717, 1.165) is 25.9 Å². The molecule has 0 aliphatic carbocycles. The van der Waals surface area contributed by atoms with Crippen LogP contribution in [-0.2, 0) is 13.1 Å². The molecule has 0 saturated heterocycles. The summed E-state index contributed by atoms with van der Waals surface area (Å²) < 4.78 is 5.09. The van der Waals surface area contributed by atoms with Crippen molar-refractivity contribution in [2.45, 2.75) is 39.8 Å². The standard InChI is InChI=1S/C52H42N2/c1-3-31-53-47-23-12-10-20-45(47)49(36-16-6-5-7-17-36)51(53)39-27-29-42-37(33-39)25-26-38-34-40(28-30-43(38)42)52-50(44-22-14-18-35-15-8-9-19-41(35)44)46-21-11-13-24-48(46)54(52)32-4-2/h5-30,33-34H,3-4,31-32H2,1-2H3. The van der Waals surface area contributed by atoms with Gasteiger partial charge in [0.05, 0.1) is 11.4 Å². The van der Waals surface area contributed by atoms with E-state index in [1.54, 1.807) is 0 Å². The lowest BCUT2D eigenvalue weighted by molar-refractivity contribution is 0.710. The molecule has 10 aromatic rings. The van der Waals surface area contributed by atoms with Gasteiger partial charge < -0.3 is 9.13 Å². The van der Waals surface area contributed by atoms with Gasteiger partial charge in [0.15, 0.2) is 0 Å². The third kappa shape index (κ3) is 5.09. The number of hydrogen-bond acceptors (Lipinski definition) is 0. The van der Waals surface area contributed by atoms with Crippen LogP contribution in [0, 0.1) is 0 Å². The van der Waals surface area contributed by atoms with Crippen molar-refractivity contribution in [2.24, 2.45) is 0 Å². The lowest BCUT2D eigenvalue weighted by Gasteiger charge is -2.16. The van der Waals surface area contributed by atoms with Crippen molar-refractivity contribution in [2.75, 3.05) is 0 Å². The zero-order valence-corrected chi connectivity index (χ0v) is 30.9. The van der Waals surface area contributed by atoms with Crippen LogP contribution in [0.5, 0.6) is 0 Å². The first-order valence-corrected chi connectivity index (χ1v) is 19.5. The van der Waals surface area contributed by atoms with Crippen molar-refractivity contribution in [3.63, 3.8) is 0 Å². The Kier molecular flexibility index (Phi) is 7.91. The van der Waals surface area contributed by atoms with E-state index >= 15 is 0 Å². The molecule has 8 aromatic carbocycles. The Labute approximate surface area is 316 Å². The molecule has 0 spiro atoms. The van der Waals surface area contributed by atoms with Gasteiger partial charge in [-0.25, -0.2) is 0 Å². The number of fused-ring (bicyclic) bond motifs is 6. The number of rotatable bonds is 8. The number of aromatic nitrogens is 2. The lowest BCUT2D eigenvalue weighted by atomic mass is 9.92. The van der Waals surface area contributed by atoms with E-state index in [0.29, 0.717) is 0 Å². The van der Waals surface area contributed by atoms with Gasteiger partial charge in [-0.05, 0) is 91.7 Å². The maximum Gasteiger partial charge on any atom is 0.0571 e. The molecule has 0 N–H and O–H groups in total. The molecule has 54 heavy (non-hydrogen) atoms. The summed E-state index contributed by atoms with van der Waals surface area (Å²) in [5, 5.41) is 10.3. The molecule has 0 aliphatic heterocycles. The Morgan fingerprint density at radius 1 is 0.352 bits per heavy atom. The van der Waals surface area contributed by atoms with Crippen molar-refractivity contribution in [1.82, 2.24) is 9.13 Å². The smallest absolute Gasteiger partial charge is 0.0571 e. The average molecular weight is 695 g/mol. The molecular weight excluding hydrogens is 653 g/mol. The quantitative estimate of drug-likeness (QED) is 0.140. The second-order valence-electron chi connectivity index (χ2n) is 14.6. The van der Waals surface area contributed by atoms with Gasteiger partial charge in [0.2, 0.25) is 0 Å². The molecule has 0 aliphatic rings. The van der Waals surface area contributed by atoms with Gasteiger partial charge in [-0.1, -0.05) is 159 Å². The Balaban J connectivity index is 1.17. The molecule has 10 rings (SSSR count). The predicted octanol–water partition coefficient (Wildman–Crippen LogP) is 14.5. The molecule has 0 unspecified atom stereocenters. The summed E-state index contributed by atoms with van der Waals surface area (Å²) in [5.74, 6) is 0. The van der Waals surface area contributed by atoms with E-state index in [2.05, 4.69) is 193 Å². The normalized spacial score (nSPS) is 11.8. The summed E-state index contributed by atoms with van der Waals surface area (Å²) in [6, 6.07) is 63.2. The van der Waals surface area contributed by atoms with Crippen molar-refractivity contribution >= 4 is 54.1 Å². The summed E-state index contributed by atoms with van der Waals surface area (Å²) in [6.45, 7) is 6.48. The minimum Gasteiger partial charge on any atom is -0.340 e. The zero-order chi connectivity index (χ0) is 36.2. The van der Waals surface area contributed by atoms with Crippen LogP contribution in [0.25, 0.3) is 98.9 Å². The van der Waals surface area contributed by atoms with E-state index in [9.17, 15) is 0 Å². The van der Waals surface area contributed by atoms with Crippen molar-refractivity contribution in [3.05, 3.63) is 170 Å². The Bertz CT molecular complexity index is 3010. The van der Waals surface area contributed by atoms with Crippen LogP contribution in [0.4, 0.5) is 0 Å². The molecule has 0 bridgehead atoms. The van der Waals surface area contributed by atoms with Crippen LogP contribution in [0.2, 0.25) is 0 Å². The summed E-state index contributed by atoms with van der Waals surface area (Å²) in [6.07, 6.45) is 2.13. The maximum absolute atomic E-state index is 2.56. The number of nitrogens with zero attached hydrogens (tertiary/aromatic N) is 2. The van der Waals surface area contributed by atoms with E-state index < -0.39 is 0 Å². The summed E-state index contributed by atoms with van der Waals surface area (Å²) in [5.41, 5.74) is 12.9. The zero-order valence-electron chi connectivity index (χ0n) is 30.9. The van der Waals surface area contributed by atoms with E-state index in [-0.39, 0.29) is 0 Å². The highest BCUT2D eigenvalue weighted by Gasteiger charge is 2.23. The van der Waals surface area contributed by atoms with E-state index in [1.165, 1.54) is 98.9 Å². The molecule has 0 radical (unpaired) electrons. The predicted molar refractivity (Wildman–Crippen MR) is 232 cm³/mol. The molecule has 2 nitrogen and oxygen atoms in total. The largest absolute Gasteiger partial charge is 0.340 e. The minimum atomic E-state index is 0.957. The fourth-order valence-electron chi connectivity index (χ4n) is 9.10. The topological polar surface area (TPSA) is 9.86 Å². The van der Waals surface area contributed by atoms with Gasteiger partial charge in [0.1, 0.15) is 0 Å². The van der Waals surface area contributed by atoms with Crippen LogP contribution in [-0.4, -0.2) is 9.13 Å². The number of benzene rings is 8. The van der Waals surface area contributed by atoms with Crippen LogP contribution in [0.3, 0.4) is 0 Å². The van der Waals surface area contributed by atoms with Gasteiger partial charge in [-0.3, -0.25) is 0 Å². The Hall–Kier alpha value is -6.38. The SMILES string of the molecule is CCCn1c(-c2ccc3c(ccc4cc(-c5c(-c6cccc7ccccc67)c6ccccc6n5CCC)ccc43)c2)c(-c2ccccc2)c2ccccc21. The highest BCUT2D eigenvalue weighted by atomic mass is 15.0. The number of para-hydroxylation sites is 2. The fourth-order valence-corrected chi connectivity index (χ4v) is 9.10. The summed E-state index contributed by atoms with van der Waals surface area (Å²) in [4.78, 5) is 0. The van der Waals surface area contributed by atoms with Crippen LogP contribution in [0.15, 0.2) is 170 Å². The molecular formula is C52H42N2. The van der Waals surface area contributed by atoms with Gasteiger partial charge in [-0.2, -0.15) is 0 Å². The Morgan fingerprint density at radius 2 is 0.852 bits per heavy atom. The second kappa shape index (κ2) is 13.2. The third-order valence-corrected chi connectivity index (χ3v) is 11.3. The Morgan fingerprint density at radius 3 is 1.46 bits per heavy atom. The van der Waals surface area contributed by atoms with Crippen LogP contribution < -0.4 is 0 Å². The lowest BCUT2D eigenvalue weighted by Crippen LogP contribution is -2.00. The molecule has 0 fully saturated rings. The van der Waals surface area contributed by atoms with Crippen LogP contribution in [0.1, 0.15) is 26.7 Å². The first-order valence-electron chi connectivity index (χ1n) is 19.5. The highest BCUT2D eigenvalue weighted by Crippen LogP contribution is 2.46. The summed E-state index contributed by atoms with van der Waals surface area (Å²) in [7, 11) is 0. The molecule has 0 atom stereocenters. The minimum absolute atomic E-state index is 0.957. The molecule has 2 heterocycles. The fraction of sp³-hybridized carbons (Fsp3) is 0.115. The van der Waals surface area contributed by atoms with E-state index in [1.807, 2.05) is 0 Å². The first-order chi connectivity index (χ1) is 26.7. The van der Waals surface area contributed by atoms with Gasteiger partial charge >= 0.3 is 0 Å². The molecule has 0 saturated carbocycles. The van der Waals surface area contributed by atoms with Crippen molar-refractivity contribution in [3.8, 4) is 44.8 Å². The van der Waals surface area contributed by atoms with Gasteiger partial charge in [0, 0.05) is 46.0 Å². The monoisotopic (exact) mass is 694 g/mol. The number of aryl methyl sites for hydroxylation is 2. The first kappa shape index (κ1) is 32.3. The van der Waals surface area contributed by atoms with Crippen molar-refractivity contribution in [1.29, 1.82) is 0 Å². The number of hydrogen-bond donors (Lipinski definition) is 0.